The van der Waals surface area contributed by atoms with Crippen LogP contribution in [-0.2, 0) is 11.3 Å². The molecule has 0 bridgehead atoms. The smallest absolute Gasteiger partial charge is 0.0561 e. The Morgan fingerprint density at radius 3 is 3.07 bits per heavy atom. The topological polar surface area (TPSA) is 21.3 Å². The van der Waals surface area contributed by atoms with Crippen LogP contribution in [0.5, 0.6) is 0 Å². The number of fused-ring (bicyclic) bond motifs is 1. The van der Waals surface area contributed by atoms with E-state index in [1.54, 1.807) is 7.11 Å². The van der Waals surface area contributed by atoms with E-state index in [0.717, 1.165) is 13.0 Å². The van der Waals surface area contributed by atoms with Crippen molar-refractivity contribution in [3.8, 4) is 0 Å². The van der Waals surface area contributed by atoms with Crippen LogP contribution in [0.3, 0.4) is 0 Å². The third-order valence-corrected chi connectivity index (χ3v) is 2.94. The molecular formula is C12H17NO. The summed E-state index contributed by atoms with van der Waals surface area (Å²) in [5.74, 6) is 0. The van der Waals surface area contributed by atoms with Gasteiger partial charge in [0.05, 0.1) is 6.10 Å². The third kappa shape index (κ3) is 1.81. The fraction of sp³-hybridized carbons (Fsp3) is 0.500. The molecular weight excluding hydrogens is 174 g/mol. The zero-order chi connectivity index (χ0) is 9.97. The van der Waals surface area contributed by atoms with Gasteiger partial charge in [0, 0.05) is 19.7 Å². The summed E-state index contributed by atoms with van der Waals surface area (Å²) in [5, 5.41) is 3.51. The van der Waals surface area contributed by atoms with Gasteiger partial charge in [0.1, 0.15) is 0 Å². The number of nitrogens with one attached hydrogen (secondary N) is 1. The van der Waals surface area contributed by atoms with E-state index in [1.165, 1.54) is 11.1 Å². The molecule has 2 nitrogen and oxygen atoms in total. The maximum atomic E-state index is 5.29. The standard InChI is InChI=1S/C12H17NO/c1-9(14-2)7-12-11-6-4-3-5-10(11)8-13-12/h3-6,9,12-13H,7-8H2,1-2H3. The molecule has 0 aliphatic carbocycles. The predicted molar refractivity (Wildman–Crippen MR) is 57.1 cm³/mol. The summed E-state index contributed by atoms with van der Waals surface area (Å²) < 4.78 is 5.29. The van der Waals surface area contributed by atoms with E-state index in [9.17, 15) is 0 Å². The van der Waals surface area contributed by atoms with Crippen LogP contribution in [0.2, 0.25) is 0 Å². The van der Waals surface area contributed by atoms with Gasteiger partial charge in [-0.05, 0) is 24.5 Å². The minimum absolute atomic E-state index is 0.318. The molecule has 0 radical (unpaired) electrons. The number of benzene rings is 1. The van der Waals surface area contributed by atoms with Crippen LogP contribution in [0.1, 0.15) is 30.5 Å². The normalized spacial score (nSPS) is 22.0. The van der Waals surface area contributed by atoms with Gasteiger partial charge in [0.15, 0.2) is 0 Å². The second-order valence-electron chi connectivity index (χ2n) is 3.91. The van der Waals surface area contributed by atoms with Gasteiger partial charge in [-0.3, -0.25) is 0 Å². The molecule has 1 aliphatic heterocycles. The number of methoxy groups -OCH3 is 1. The van der Waals surface area contributed by atoms with Crippen LogP contribution in [0.4, 0.5) is 0 Å². The molecule has 1 aromatic rings. The van der Waals surface area contributed by atoms with Gasteiger partial charge in [-0.25, -0.2) is 0 Å². The Bertz CT molecular complexity index is 311. The maximum Gasteiger partial charge on any atom is 0.0561 e. The quantitative estimate of drug-likeness (QED) is 0.791. The molecule has 0 aromatic heterocycles. The van der Waals surface area contributed by atoms with Gasteiger partial charge in [-0.15, -0.1) is 0 Å². The SMILES string of the molecule is COC(C)CC1NCc2ccccc21. The number of rotatable bonds is 3. The average molecular weight is 191 g/mol. The van der Waals surface area contributed by atoms with Gasteiger partial charge in [0.25, 0.3) is 0 Å². The van der Waals surface area contributed by atoms with Crippen molar-refractivity contribution in [1.82, 2.24) is 5.32 Å². The fourth-order valence-corrected chi connectivity index (χ4v) is 2.02. The molecule has 14 heavy (non-hydrogen) atoms. The Morgan fingerprint density at radius 2 is 2.29 bits per heavy atom. The molecule has 0 saturated carbocycles. The molecule has 2 rings (SSSR count). The highest BCUT2D eigenvalue weighted by atomic mass is 16.5. The molecule has 2 unspecified atom stereocenters. The van der Waals surface area contributed by atoms with Gasteiger partial charge < -0.3 is 10.1 Å². The molecule has 0 saturated heterocycles. The second kappa shape index (κ2) is 4.11. The second-order valence-corrected chi connectivity index (χ2v) is 3.91. The van der Waals surface area contributed by atoms with Crippen LogP contribution in [-0.4, -0.2) is 13.2 Å². The van der Waals surface area contributed by atoms with Gasteiger partial charge in [-0.2, -0.15) is 0 Å². The largest absolute Gasteiger partial charge is 0.382 e. The molecule has 1 aromatic carbocycles. The summed E-state index contributed by atoms with van der Waals surface area (Å²) >= 11 is 0. The van der Waals surface area contributed by atoms with Crippen LogP contribution in [0.25, 0.3) is 0 Å². The highest BCUT2D eigenvalue weighted by molar-refractivity contribution is 5.33. The van der Waals surface area contributed by atoms with E-state index in [0.29, 0.717) is 12.1 Å². The van der Waals surface area contributed by atoms with Crippen molar-refractivity contribution in [2.24, 2.45) is 0 Å². The van der Waals surface area contributed by atoms with Gasteiger partial charge >= 0.3 is 0 Å². The summed E-state index contributed by atoms with van der Waals surface area (Å²) in [5.41, 5.74) is 2.87. The Hall–Kier alpha value is -0.860. The first-order valence-electron chi connectivity index (χ1n) is 5.15. The lowest BCUT2D eigenvalue weighted by atomic mass is 10.0. The van der Waals surface area contributed by atoms with Gasteiger partial charge in [0.2, 0.25) is 0 Å². The lowest BCUT2D eigenvalue weighted by molar-refractivity contribution is 0.102. The summed E-state index contributed by atoms with van der Waals surface area (Å²) in [6.45, 7) is 3.11. The minimum atomic E-state index is 0.318. The van der Waals surface area contributed by atoms with Crippen LogP contribution < -0.4 is 5.32 Å². The lowest BCUT2D eigenvalue weighted by Crippen LogP contribution is -2.18. The highest BCUT2D eigenvalue weighted by Crippen LogP contribution is 2.28. The number of ether oxygens (including phenoxy) is 1. The minimum Gasteiger partial charge on any atom is -0.382 e. The summed E-state index contributed by atoms with van der Waals surface area (Å²) in [7, 11) is 1.77. The number of hydrogen-bond donors (Lipinski definition) is 1. The Balaban J connectivity index is 2.10. The fourth-order valence-electron chi connectivity index (χ4n) is 2.02. The Morgan fingerprint density at radius 1 is 1.50 bits per heavy atom. The summed E-state index contributed by atoms with van der Waals surface area (Å²) in [4.78, 5) is 0. The monoisotopic (exact) mass is 191 g/mol. The summed E-state index contributed by atoms with van der Waals surface area (Å²) in [6, 6.07) is 9.09. The number of hydrogen-bond acceptors (Lipinski definition) is 2. The molecule has 2 heteroatoms. The first kappa shape index (κ1) is 9.69. The third-order valence-electron chi connectivity index (χ3n) is 2.94. The first-order chi connectivity index (χ1) is 6.81. The predicted octanol–water partition coefficient (Wildman–Crippen LogP) is 2.26. The zero-order valence-electron chi connectivity index (χ0n) is 8.79. The molecule has 1 heterocycles. The van der Waals surface area contributed by atoms with Gasteiger partial charge in [-0.1, -0.05) is 24.3 Å². The van der Waals surface area contributed by atoms with Crippen molar-refractivity contribution in [2.45, 2.75) is 32.0 Å². The summed E-state index contributed by atoms with van der Waals surface area (Å²) in [6.07, 6.45) is 1.37. The van der Waals surface area contributed by atoms with Crippen molar-refractivity contribution in [3.63, 3.8) is 0 Å². The molecule has 1 aliphatic rings. The first-order valence-corrected chi connectivity index (χ1v) is 5.15. The van der Waals surface area contributed by atoms with Crippen LogP contribution in [0.15, 0.2) is 24.3 Å². The average Bonchev–Trinajstić information content (AvgIpc) is 2.62. The molecule has 0 spiro atoms. The van der Waals surface area contributed by atoms with E-state index >= 15 is 0 Å². The highest BCUT2D eigenvalue weighted by Gasteiger charge is 2.22. The molecule has 1 N–H and O–H groups in total. The molecule has 76 valence electrons. The van der Waals surface area contributed by atoms with Crippen LogP contribution in [0, 0.1) is 0 Å². The van der Waals surface area contributed by atoms with E-state index in [4.69, 9.17) is 4.74 Å². The van der Waals surface area contributed by atoms with Crippen LogP contribution >= 0.6 is 0 Å². The maximum absolute atomic E-state index is 5.29. The Kier molecular flexibility index (Phi) is 2.85. The van der Waals surface area contributed by atoms with E-state index in [-0.39, 0.29) is 0 Å². The lowest BCUT2D eigenvalue weighted by Gasteiger charge is -2.16. The van der Waals surface area contributed by atoms with Crippen molar-refractivity contribution in [3.05, 3.63) is 35.4 Å². The van der Waals surface area contributed by atoms with Crippen molar-refractivity contribution < 1.29 is 4.74 Å². The van der Waals surface area contributed by atoms with E-state index in [2.05, 4.69) is 36.5 Å². The zero-order valence-corrected chi connectivity index (χ0v) is 8.79. The molecule has 0 amide bonds. The van der Waals surface area contributed by atoms with Crippen molar-refractivity contribution in [1.29, 1.82) is 0 Å². The van der Waals surface area contributed by atoms with Crippen molar-refractivity contribution >= 4 is 0 Å². The molecule has 0 fully saturated rings. The molecule has 2 atom stereocenters. The van der Waals surface area contributed by atoms with E-state index in [1.807, 2.05) is 0 Å². The Labute approximate surface area is 85.3 Å². The van der Waals surface area contributed by atoms with Crippen molar-refractivity contribution in [2.75, 3.05) is 7.11 Å². The van der Waals surface area contributed by atoms with E-state index < -0.39 is 0 Å².